The van der Waals surface area contributed by atoms with Gasteiger partial charge in [0.25, 0.3) is 5.91 Å². The van der Waals surface area contributed by atoms with Gasteiger partial charge in [-0.05, 0) is 36.4 Å². The van der Waals surface area contributed by atoms with Crippen LogP contribution in [0.3, 0.4) is 0 Å². The predicted molar refractivity (Wildman–Crippen MR) is 63.4 cm³/mol. The van der Waals surface area contributed by atoms with E-state index < -0.39 is 0 Å². The number of hydrogen-bond acceptors (Lipinski definition) is 1. The summed E-state index contributed by atoms with van der Waals surface area (Å²) in [6, 6.07) is 16.6. The summed E-state index contributed by atoms with van der Waals surface area (Å²) in [5.74, 6) is -0.105. The lowest BCUT2D eigenvalue weighted by atomic mass is 10.2. The molecule has 2 rings (SSSR count). The molecule has 0 fully saturated rings. The van der Waals surface area contributed by atoms with Crippen LogP contribution in [-0.4, -0.2) is 5.91 Å². The van der Waals surface area contributed by atoms with Gasteiger partial charge in [0.15, 0.2) is 0 Å². The van der Waals surface area contributed by atoms with Crippen molar-refractivity contribution in [2.24, 2.45) is 0 Å². The maximum Gasteiger partial charge on any atom is 0.255 e. The van der Waals surface area contributed by atoms with Crippen molar-refractivity contribution in [3.05, 3.63) is 60.2 Å². The monoisotopic (exact) mass is 213 g/mol. The zero-order valence-electron chi connectivity index (χ0n) is 8.81. The van der Waals surface area contributed by atoms with Crippen molar-refractivity contribution in [1.29, 1.82) is 0 Å². The molecular weight excluding hydrogens is 200 g/mol. The van der Waals surface area contributed by atoms with Crippen molar-refractivity contribution in [3.8, 4) is 0 Å². The van der Waals surface area contributed by atoms with Crippen LogP contribution in [0.15, 0.2) is 54.6 Å². The van der Waals surface area contributed by atoms with Crippen LogP contribution in [-0.2, 0) is 0 Å². The molecule has 0 saturated carbocycles. The van der Waals surface area contributed by atoms with Crippen LogP contribution < -0.4 is 11.1 Å². The largest absolute Gasteiger partial charge is 0.325 e. The fourth-order valence-electron chi connectivity index (χ4n) is 1.38. The molecule has 0 radical (unpaired) electrons. The third-order valence-corrected chi connectivity index (χ3v) is 2.25. The standard InChI is InChI=1S/C13H12N2O/c14-11-8-6-10(7-9-11)13(16)15-12-4-2-1-3-5-12/h1-9H,14H2,(H,15,16)/p+1. The molecule has 0 aliphatic heterocycles. The highest BCUT2D eigenvalue weighted by atomic mass is 16.1. The molecule has 0 aromatic heterocycles. The maximum absolute atomic E-state index is 11.8. The third kappa shape index (κ3) is 2.46. The molecule has 3 heteroatoms. The molecule has 80 valence electrons. The molecule has 3 nitrogen and oxygen atoms in total. The van der Waals surface area contributed by atoms with Crippen LogP contribution in [0.25, 0.3) is 0 Å². The smallest absolute Gasteiger partial charge is 0.255 e. The fourth-order valence-corrected chi connectivity index (χ4v) is 1.38. The Labute approximate surface area is 93.9 Å². The zero-order chi connectivity index (χ0) is 11.4. The molecule has 16 heavy (non-hydrogen) atoms. The second kappa shape index (κ2) is 4.59. The number of amides is 1. The first-order chi connectivity index (χ1) is 7.75. The molecule has 2 aromatic rings. The van der Waals surface area contributed by atoms with E-state index in [1.165, 1.54) is 0 Å². The number of carbonyl (C=O) groups excluding carboxylic acids is 1. The molecular formula is C13H13N2O+. The topological polar surface area (TPSA) is 56.7 Å². The Kier molecular flexibility index (Phi) is 2.98. The van der Waals surface area contributed by atoms with Gasteiger partial charge in [-0.3, -0.25) is 4.79 Å². The van der Waals surface area contributed by atoms with Gasteiger partial charge in [-0.1, -0.05) is 18.2 Å². The lowest BCUT2D eigenvalue weighted by molar-refractivity contribution is -0.254. The summed E-state index contributed by atoms with van der Waals surface area (Å²) in [5, 5.41) is 2.82. The molecule has 0 spiro atoms. The Morgan fingerprint density at radius 3 is 2.19 bits per heavy atom. The van der Waals surface area contributed by atoms with Crippen molar-refractivity contribution in [1.82, 2.24) is 0 Å². The maximum atomic E-state index is 11.8. The highest BCUT2D eigenvalue weighted by molar-refractivity contribution is 6.04. The molecule has 4 N–H and O–H groups in total. The van der Waals surface area contributed by atoms with Crippen molar-refractivity contribution in [2.75, 3.05) is 5.32 Å². The lowest BCUT2D eigenvalue weighted by Gasteiger charge is -2.04. The van der Waals surface area contributed by atoms with Gasteiger partial charge in [0.05, 0.1) is 0 Å². The first-order valence-electron chi connectivity index (χ1n) is 5.04. The molecule has 2 aromatic carbocycles. The summed E-state index contributed by atoms with van der Waals surface area (Å²) in [6.45, 7) is 0. The van der Waals surface area contributed by atoms with Gasteiger partial charge in [0.2, 0.25) is 0 Å². The summed E-state index contributed by atoms with van der Waals surface area (Å²) in [4.78, 5) is 11.8. The van der Waals surface area contributed by atoms with Crippen LogP contribution in [0, 0.1) is 0 Å². The normalized spacial score (nSPS) is 9.81. The Morgan fingerprint density at radius 2 is 1.56 bits per heavy atom. The zero-order valence-corrected chi connectivity index (χ0v) is 8.81. The molecule has 0 aliphatic carbocycles. The lowest BCUT2D eigenvalue weighted by Crippen LogP contribution is -2.39. The quantitative estimate of drug-likeness (QED) is 0.785. The number of quaternary nitrogens is 1. The Bertz CT molecular complexity index is 477. The van der Waals surface area contributed by atoms with Crippen molar-refractivity contribution < 1.29 is 10.5 Å². The molecule has 1 amide bonds. The number of para-hydroxylation sites is 1. The van der Waals surface area contributed by atoms with Crippen molar-refractivity contribution >= 4 is 17.3 Å². The minimum Gasteiger partial charge on any atom is -0.325 e. The SMILES string of the molecule is [NH3+]c1ccc(C(=O)Nc2ccccc2)cc1. The number of nitrogens with one attached hydrogen (secondary N) is 1. The van der Waals surface area contributed by atoms with Gasteiger partial charge < -0.3 is 11.1 Å². The molecule has 0 heterocycles. The van der Waals surface area contributed by atoms with Crippen LogP contribution in [0.1, 0.15) is 10.4 Å². The van der Waals surface area contributed by atoms with Crippen LogP contribution >= 0.6 is 0 Å². The van der Waals surface area contributed by atoms with Crippen molar-refractivity contribution in [3.63, 3.8) is 0 Å². The Morgan fingerprint density at radius 1 is 0.938 bits per heavy atom. The van der Waals surface area contributed by atoms with E-state index in [0.717, 1.165) is 11.4 Å². The predicted octanol–water partition coefficient (Wildman–Crippen LogP) is 1.81. The highest BCUT2D eigenvalue weighted by Gasteiger charge is 2.05. The van der Waals surface area contributed by atoms with Gasteiger partial charge >= 0.3 is 0 Å². The van der Waals surface area contributed by atoms with Gasteiger partial charge in [0, 0.05) is 11.3 Å². The Hall–Kier alpha value is -2.13. The summed E-state index contributed by atoms with van der Waals surface area (Å²) < 4.78 is 0. The average molecular weight is 213 g/mol. The summed E-state index contributed by atoms with van der Waals surface area (Å²) in [6.07, 6.45) is 0. The van der Waals surface area contributed by atoms with E-state index >= 15 is 0 Å². The van der Waals surface area contributed by atoms with E-state index in [9.17, 15) is 4.79 Å². The average Bonchev–Trinajstić information content (AvgIpc) is 2.31. The number of carbonyl (C=O) groups is 1. The third-order valence-electron chi connectivity index (χ3n) is 2.25. The number of rotatable bonds is 2. The molecule has 0 atom stereocenters. The van der Waals surface area contributed by atoms with Crippen molar-refractivity contribution in [2.45, 2.75) is 0 Å². The Balaban J connectivity index is 2.12. The molecule has 0 saturated heterocycles. The fraction of sp³-hybridized carbons (Fsp3) is 0. The summed E-state index contributed by atoms with van der Waals surface area (Å²) in [7, 11) is 0. The second-order valence-electron chi connectivity index (χ2n) is 3.52. The minimum atomic E-state index is -0.105. The van der Waals surface area contributed by atoms with Crippen LogP contribution in [0.2, 0.25) is 0 Å². The van der Waals surface area contributed by atoms with E-state index in [1.54, 1.807) is 12.1 Å². The van der Waals surface area contributed by atoms with Gasteiger partial charge in [-0.2, -0.15) is 0 Å². The van der Waals surface area contributed by atoms with Crippen LogP contribution in [0.4, 0.5) is 11.4 Å². The van der Waals surface area contributed by atoms with Gasteiger partial charge in [-0.25, -0.2) is 0 Å². The van der Waals surface area contributed by atoms with Gasteiger partial charge in [0.1, 0.15) is 5.69 Å². The van der Waals surface area contributed by atoms with E-state index in [-0.39, 0.29) is 5.91 Å². The highest BCUT2D eigenvalue weighted by Crippen LogP contribution is 2.09. The molecule has 0 aliphatic rings. The van der Waals surface area contributed by atoms with Crippen LogP contribution in [0.5, 0.6) is 0 Å². The molecule has 0 unspecified atom stereocenters. The minimum absolute atomic E-state index is 0.105. The molecule has 0 bridgehead atoms. The van der Waals surface area contributed by atoms with E-state index in [0.29, 0.717) is 5.56 Å². The first kappa shape index (κ1) is 10.4. The van der Waals surface area contributed by atoms with E-state index in [4.69, 9.17) is 0 Å². The number of anilines is 1. The number of benzene rings is 2. The second-order valence-corrected chi connectivity index (χ2v) is 3.52. The van der Waals surface area contributed by atoms with E-state index in [2.05, 4.69) is 11.1 Å². The number of hydrogen-bond donors (Lipinski definition) is 2. The first-order valence-corrected chi connectivity index (χ1v) is 5.04. The summed E-state index contributed by atoms with van der Waals surface area (Å²) in [5.41, 5.74) is 6.11. The summed E-state index contributed by atoms with van der Waals surface area (Å²) >= 11 is 0. The van der Waals surface area contributed by atoms with E-state index in [1.807, 2.05) is 42.5 Å². The van der Waals surface area contributed by atoms with Gasteiger partial charge in [-0.15, -0.1) is 0 Å².